The summed E-state index contributed by atoms with van der Waals surface area (Å²) in [6.45, 7) is 0.708. The van der Waals surface area contributed by atoms with Gasteiger partial charge in [0.1, 0.15) is 5.75 Å². The third-order valence-electron chi connectivity index (χ3n) is 5.62. The minimum absolute atomic E-state index is 0.162. The van der Waals surface area contributed by atoms with Gasteiger partial charge in [0.25, 0.3) is 5.91 Å². The molecule has 0 bridgehead atoms. The van der Waals surface area contributed by atoms with Crippen LogP contribution >= 0.6 is 11.3 Å². The molecule has 1 aromatic heterocycles. The van der Waals surface area contributed by atoms with Crippen LogP contribution in [0.5, 0.6) is 5.75 Å². The van der Waals surface area contributed by atoms with Crippen LogP contribution in [0.4, 0.5) is 18.9 Å². The number of thiophene rings is 1. The van der Waals surface area contributed by atoms with Crippen LogP contribution in [0.1, 0.15) is 27.0 Å². The molecule has 1 aliphatic rings. The highest BCUT2D eigenvalue weighted by Crippen LogP contribution is 2.32. The number of nitrogens with one attached hydrogen (secondary N) is 1. The molecule has 1 atom stereocenters. The van der Waals surface area contributed by atoms with Crippen molar-refractivity contribution < 1.29 is 22.7 Å². The van der Waals surface area contributed by atoms with E-state index >= 15 is 0 Å². The van der Waals surface area contributed by atoms with Crippen LogP contribution in [0.2, 0.25) is 0 Å². The maximum absolute atomic E-state index is 12.8. The summed E-state index contributed by atoms with van der Waals surface area (Å²) in [7, 11) is 3.54. The summed E-state index contributed by atoms with van der Waals surface area (Å²) in [5.41, 5.74) is 3.16. The molecule has 0 saturated carbocycles. The molecular formula is C24H22F3N3O2S. The Hall–Kier alpha value is -3.33. The van der Waals surface area contributed by atoms with Crippen LogP contribution in [0.25, 0.3) is 0 Å². The Kier molecular flexibility index (Phi) is 6.42. The van der Waals surface area contributed by atoms with Crippen molar-refractivity contribution in [3.63, 3.8) is 0 Å². The van der Waals surface area contributed by atoms with Crippen molar-refractivity contribution in [1.82, 2.24) is 5.32 Å². The number of anilines is 1. The summed E-state index contributed by atoms with van der Waals surface area (Å²) >= 11 is 1.59. The van der Waals surface area contributed by atoms with Gasteiger partial charge >= 0.3 is 6.18 Å². The monoisotopic (exact) mass is 473 g/mol. The van der Waals surface area contributed by atoms with Gasteiger partial charge in [-0.1, -0.05) is 0 Å². The van der Waals surface area contributed by atoms with Crippen molar-refractivity contribution in [2.24, 2.45) is 4.99 Å². The number of methoxy groups -OCH3 is 1. The lowest BCUT2D eigenvalue weighted by Crippen LogP contribution is -2.43. The van der Waals surface area contributed by atoms with Crippen molar-refractivity contribution in [3.05, 3.63) is 81.5 Å². The molecule has 172 valence electrons. The van der Waals surface area contributed by atoms with Crippen molar-refractivity contribution >= 4 is 28.6 Å². The van der Waals surface area contributed by atoms with Gasteiger partial charge in [-0.2, -0.15) is 24.5 Å². The molecule has 0 saturated heterocycles. The lowest BCUT2D eigenvalue weighted by molar-refractivity contribution is -0.137. The first-order valence-corrected chi connectivity index (χ1v) is 11.2. The van der Waals surface area contributed by atoms with Crippen LogP contribution in [0.3, 0.4) is 0 Å². The van der Waals surface area contributed by atoms with Crippen molar-refractivity contribution in [1.29, 1.82) is 0 Å². The second-order valence-electron chi connectivity index (χ2n) is 7.63. The lowest BCUT2D eigenvalue weighted by atomic mass is 10.0. The van der Waals surface area contributed by atoms with Crippen LogP contribution < -0.4 is 15.0 Å². The van der Waals surface area contributed by atoms with Gasteiger partial charge in [-0.3, -0.25) is 9.79 Å². The van der Waals surface area contributed by atoms with Gasteiger partial charge in [0.15, 0.2) is 0 Å². The Morgan fingerprint density at radius 3 is 2.61 bits per heavy atom. The smallest absolute Gasteiger partial charge is 0.416 e. The number of hydrogen-bond acceptors (Lipinski definition) is 5. The van der Waals surface area contributed by atoms with Crippen molar-refractivity contribution in [2.75, 3.05) is 32.1 Å². The van der Waals surface area contributed by atoms with E-state index in [0.717, 1.165) is 34.7 Å². The molecule has 5 nitrogen and oxygen atoms in total. The number of fused-ring (bicyclic) bond motifs is 1. The van der Waals surface area contributed by atoms with E-state index in [1.165, 1.54) is 12.1 Å². The van der Waals surface area contributed by atoms with E-state index in [0.29, 0.717) is 12.3 Å². The highest BCUT2D eigenvalue weighted by molar-refractivity contribution is 7.08. The van der Waals surface area contributed by atoms with Gasteiger partial charge in [0, 0.05) is 47.4 Å². The van der Waals surface area contributed by atoms with Crippen molar-refractivity contribution in [3.8, 4) is 5.75 Å². The minimum Gasteiger partial charge on any atom is -0.497 e. The topological polar surface area (TPSA) is 53.9 Å². The summed E-state index contributed by atoms with van der Waals surface area (Å²) in [5, 5.41) is 6.87. The lowest BCUT2D eigenvalue weighted by Gasteiger charge is -2.29. The Morgan fingerprint density at radius 2 is 1.97 bits per heavy atom. The zero-order chi connectivity index (χ0) is 23.6. The first-order chi connectivity index (χ1) is 15.8. The number of rotatable bonds is 5. The van der Waals surface area contributed by atoms with E-state index in [9.17, 15) is 18.0 Å². The Morgan fingerprint density at radius 1 is 1.21 bits per heavy atom. The van der Waals surface area contributed by atoms with E-state index in [4.69, 9.17) is 9.73 Å². The van der Waals surface area contributed by atoms with Crippen LogP contribution in [0, 0.1) is 0 Å². The van der Waals surface area contributed by atoms with Gasteiger partial charge in [-0.15, -0.1) is 0 Å². The number of carbonyl (C=O) groups excluding carboxylic acids is 1. The molecule has 1 unspecified atom stereocenters. The zero-order valence-electron chi connectivity index (χ0n) is 18.0. The van der Waals surface area contributed by atoms with Crippen LogP contribution in [0.15, 0.2) is 64.3 Å². The second kappa shape index (κ2) is 9.27. The standard InChI is InChI=1S/C24H22F3N3O2S/c1-30-18(13-29-23(31)15-3-5-17(6-4-15)24(25,26)27)12-28-22(16-9-10-33-14-16)20-8-7-19(32-2)11-21(20)30/h3-11,14,18H,12-13H2,1-2H3,(H,29,31). The molecular weight excluding hydrogens is 451 g/mol. The molecule has 1 N–H and O–H groups in total. The first-order valence-electron chi connectivity index (χ1n) is 10.2. The maximum atomic E-state index is 12.8. The Balaban J connectivity index is 1.55. The summed E-state index contributed by atoms with van der Waals surface area (Å²) in [6, 6.07) is 11.8. The molecule has 0 radical (unpaired) electrons. The molecule has 33 heavy (non-hydrogen) atoms. The van der Waals surface area contributed by atoms with E-state index < -0.39 is 17.6 Å². The molecule has 1 amide bonds. The first kappa shape index (κ1) is 22.8. The van der Waals surface area contributed by atoms with Gasteiger partial charge in [-0.25, -0.2) is 0 Å². The predicted molar refractivity (Wildman–Crippen MR) is 124 cm³/mol. The molecule has 0 spiro atoms. The third-order valence-corrected chi connectivity index (χ3v) is 6.30. The average molecular weight is 474 g/mol. The van der Waals surface area contributed by atoms with E-state index in [-0.39, 0.29) is 18.2 Å². The Labute approximate surface area is 193 Å². The molecule has 4 rings (SSSR count). The SMILES string of the molecule is COc1ccc2c(c1)N(C)C(CNC(=O)c1ccc(C(F)(F)F)cc1)CN=C2c1ccsc1. The molecule has 2 heterocycles. The predicted octanol–water partition coefficient (Wildman–Crippen LogP) is 4.86. The summed E-state index contributed by atoms with van der Waals surface area (Å²) in [4.78, 5) is 19.5. The number of alkyl halides is 3. The molecule has 0 fully saturated rings. The number of benzodiazepines with no additional fused rings is 1. The molecule has 0 aliphatic carbocycles. The molecule has 2 aromatic carbocycles. The summed E-state index contributed by atoms with van der Waals surface area (Å²) in [6.07, 6.45) is -4.44. The number of amides is 1. The fourth-order valence-electron chi connectivity index (χ4n) is 3.70. The summed E-state index contributed by atoms with van der Waals surface area (Å²) in [5.74, 6) is 0.272. The van der Waals surface area contributed by atoms with E-state index in [1.807, 2.05) is 47.0 Å². The van der Waals surface area contributed by atoms with Gasteiger partial charge in [0.05, 0.1) is 31.0 Å². The fraction of sp³-hybridized carbons (Fsp3) is 0.250. The molecule has 1 aliphatic heterocycles. The number of halogens is 3. The number of benzene rings is 2. The highest BCUT2D eigenvalue weighted by atomic mass is 32.1. The number of aliphatic imine (C=N–C) groups is 1. The van der Waals surface area contributed by atoms with Gasteiger partial charge < -0.3 is 15.0 Å². The average Bonchev–Trinajstić information content (AvgIpc) is 3.30. The number of nitrogens with zero attached hydrogens (tertiary/aromatic N) is 2. The fourth-order valence-corrected chi connectivity index (χ4v) is 4.34. The number of ether oxygens (including phenoxy) is 1. The number of carbonyl (C=O) groups is 1. The van der Waals surface area contributed by atoms with Crippen LogP contribution in [-0.4, -0.2) is 44.9 Å². The second-order valence-corrected chi connectivity index (χ2v) is 8.41. The number of hydrogen-bond donors (Lipinski definition) is 1. The van der Waals surface area contributed by atoms with E-state index in [2.05, 4.69) is 5.32 Å². The highest BCUT2D eigenvalue weighted by Gasteiger charge is 2.30. The minimum atomic E-state index is -4.44. The molecule has 9 heteroatoms. The normalized spacial score (nSPS) is 16.0. The van der Waals surface area contributed by atoms with E-state index in [1.54, 1.807) is 18.4 Å². The Bertz CT molecular complexity index is 1160. The zero-order valence-corrected chi connectivity index (χ0v) is 18.8. The third kappa shape index (κ3) is 4.88. The maximum Gasteiger partial charge on any atom is 0.416 e. The largest absolute Gasteiger partial charge is 0.497 e. The van der Waals surface area contributed by atoms with Crippen LogP contribution in [-0.2, 0) is 6.18 Å². The molecule has 3 aromatic rings. The van der Waals surface area contributed by atoms with Gasteiger partial charge in [-0.05, 0) is 47.8 Å². The van der Waals surface area contributed by atoms with Gasteiger partial charge in [0.2, 0.25) is 0 Å². The number of likely N-dealkylation sites (N-methyl/N-ethyl adjacent to an activating group) is 1. The quantitative estimate of drug-likeness (QED) is 0.576. The van der Waals surface area contributed by atoms with Crippen molar-refractivity contribution in [2.45, 2.75) is 12.2 Å². The summed E-state index contributed by atoms with van der Waals surface area (Å²) < 4.78 is 43.7.